The van der Waals surface area contributed by atoms with Gasteiger partial charge in [0, 0.05) is 46.6 Å². The highest BCUT2D eigenvalue weighted by Crippen LogP contribution is 2.39. The molecule has 1 fully saturated rings. The minimum Gasteiger partial charge on any atom is -0.345 e. The molecule has 0 atom stereocenters. The number of nitrogens with one attached hydrogen (secondary N) is 2. The molecule has 0 amide bonds. The third kappa shape index (κ3) is 2.93. The van der Waals surface area contributed by atoms with E-state index in [0.717, 1.165) is 27.9 Å². The first-order valence-corrected chi connectivity index (χ1v) is 8.93. The molecular weight excluding hydrogens is 341 g/mol. The van der Waals surface area contributed by atoms with Crippen molar-refractivity contribution in [2.75, 3.05) is 5.32 Å². The molecule has 1 aliphatic carbocycles. The summed E-state index contributed by atoms with van der Waals surface area (Å²) in [5.74, 6) is 0.519. The van der Waals surface area contributed by atoms with E-state index in [1.54, 1.807) is 30.7 Å². The van der Waals surface area contributed by atoms with E-state index in [1.165, 1.54) is 12.8 Å². The van der Waals surface area contributed by atoms with E-state index >= 15 is 0 Å². The standard InChI is InChI=1S/C21H17FN5/c1-12-10-25-21-16(8-9-23-21)19(12)15-5-7-18(27-20(15)22)26-14-4-6-17(24-11-14)13-2-3-13/h4-7,9-11,13H,2-3H2,1H3,(H,23,25)(H,26,27). The molecule has 1 aliphatic rings. The third-order valence-corrected chi connectivity index (χ3v) is 4.87. The summed E-state index contributed by atoms with van der Waals surface area (Å²) in [4.78, 5) is 15.9. The quantitative estimate of drug-likeness (QED) is 0.510. The van der Waals surface area contributed by atoms with Crippen molar-refractivity contribution in [3.63, 3.8) is 0 Å². The van der Waals surface area contributed by atoms with Crippen LogP contribution >= 0.6 is 0 Å². The van der Waals surface area contributed by atoms with Crippen LogP contribution in [0.5, 0.6) is 0 Å². The largest absolute Gasteiger partial charge is 0.345 e. The molecule has 0 saturated heterocycles. The molecule has 1 saturated carbocycles. The van der Waals surface area contributed by atoms with Crippen molar-refractivity contribution < 1.29 is 4.39 Å². The molecule has 4 heterocycles. The summed E-state index contributed by atoms with van der Waals surface area (Å²) in [5.41, 5.74) is 4.66. The molecule has 0 aliphatic heterocycles. The number of anilines is 2. The Kier molecular flexibility index (Phi) is 3.63. The Morgan fingerprint density at radius 3 is 2.78 bits per heavy atom. The van der Waals surface area contributed by atoms with Crippen LogP contribution in [-0.4, -0.2) is 19.9 Å². The van der Waals surface area contributed by atoms with Crippen molar-refractivity contribution in [2.24, 2.45) is 0 Å². The molecular formula is C21H17FN5. The fourth-order valence-corrected chi connectivity index (χ4v) is 3.32. The van der Waals surface area contributed by atoms with Crippen LogP contribution in [0.15, 0.2) is 42.9 Å². The van der Waals surface area contributed by atoms with Crippen LogP contribution in [0, 0.1) is 18.9 Å². The van der Waals surface area contributed by atoms with Gasteiger partial charge in [-0.25, -0.2) is 9.97 Å². The van der Waals surface area contributed by atoms with Gasteiger partial charge in [0.05, 0.1) is 11.9 Å². The highest BCUT2D eigenvalue weighted by molar-refractivity contribution is 5.94. The summed E-state index contributed by atoms with van der Waals surface area (Å²) in [6.45, 7) is 1.90. The number of nitrogens with zero attached hydrogens (tertiary/aromatic N) is 3. The van der Waals surface area contributed by atoms with Gasteiger partial charge in [0.2, 0.25) is 5.95 Å². The van der Waals surface area contributed by atoms with Gasteiger partial charge in [-0.1, -0.05) is 0 Å². The summed E-state index contributed by atoms with van der Waals surface area (Å²) < 4.78 is 14.8. The number of H-pyrrole nitrogens is 1. The van der Waals surface area contributed by atoms with Crippen LogP contribution in [0.25, 0.3) is 22.2 Å². The Balaban J connectivity index is 1.46. The van der Waals surface area contributed by atoms with Crippen molar-refractivity contribution >= 4 is 22.5 Å². The summed E-state index contributed by atoms with van der Waals surface area (Å²) >= 11 is 0. The molecule has 0 aromatic carbocycles. The number of halogens is 1. The lowest BCUT2D eigenvalue weighted by atomic mass is 10.0. The fraction of sp³-hybridized carbons (Fsp3) is 0.190. The van der Waals surface area contributed by atoms with Crippen LogP contribution in [0.4, 0.5) is 15.9 Å². The van der Waals surface area contributed by atoms with E-state index in [-0.39, 0.29) is 0 Å². The van der Waals surface area contributed by atoms with E-state index in [0.29, 0.717) is 22.9 Å². The summed E-state index contributed by atoms with van der Waals surface area (Å²) in [6.07, 6.45) is 7.61. The predicted octanol–water partition coefficient (Wildman–Crippen LogP) is 4.89. The van der Waals surface area contributed by atoms with Gasteiger partial charge in [0.1, 0.15) is 11.5 Å². The van der Waals surface area contributed by atoms with Gasteiger partial charge in [-0.2, -0.15) is 4.39 Å². The van der Waals surface area contributed by atoms with Crippen LogP contribution < -0.4 is 5.32 Å². The summed E-state index contributed by atoms with van der Waals surface area (Å²) in [7, 11) is 0. The second-order valence-electron chi connectivity index (χ2n) is 6.88. The first kappa shape index (κ1) is 15.9. The lowest BCUT2D eigenvalue weighted by Gasteiger charge is -2.11. The fourth-order valence-electron chi connectivity index (χ4n) is 3.32. The first-order chi connectivity index (χ1) is 13.2. The molecule has 27 heavy (non-hydrogen) atoms. The van der Waals surface area contributed by atoms with Gasteiger partial charge in [0.25, 0.3) is 0 Å². The maximum absolute atomic E-state index is 14.8. The molecule has 0 unspecified atom stereocenters. The van der Waals surface area contributed by atoms with Gasteiger partial charge in [-0.3, -0.25) is 4.98 Å². The van der Waals surface area contributed by atoms with Gasteiger partial charge in [0.15, 0.2) is 0 Å². The highest BCUT2D eigenvalue weighted by Gasteiger charge is 2.24. The van der Waals surface area contributed by atoms with Gasteiger partial charge >= 0.3 is 0 Å². The number of aryl methyl sites for hydroxylation is 1. The van der Waals surface area contributed by atoms with E-state index in [4.69, 9.17) is 0 Å². The second-order valence-corrected chi connectivity index (χ2v) is 6.88. The third-order valence-electron chi connectivity index (χ3n) is 4.87. The van der Waals surface area contributed by atoms with E-state index in [9.17, 15) is 4.39 Å². The van der Waals surface area contributed by atoms with Crippen molar-refractivity contribution in [3.05, 3.63) is 66.1 Å². The number of pyridine rings is 3. The number of hydrogen-bond donors (Lipinski definition) is 2. The van der Waals surface area contributed by atoms with Crippen molar-refractivity contribution in [1.82, 2.24) is 19.9 Å². The minimum absolute atomic E-state index is 0.434. The average molecular weight is 358 g/mol. The topological polar surface area (TPSA) is 66.5 Å². The normalized spacial score (nSPS) is 13.9. The minimum atomic E-state index is -0.534. The van der Waals surface area contributed by atoms with Crippen LogP contribution in [0.3, 0.4) is 0 Å². The first-order valence-electron chi connectivity index (χ1n) is 8.93. The molecule has 0 bridgehead atoms. The van der Waals surface area contributed by atoms with E-state index in [1.807, 2.05) is 19.1 Å². The molecule has 4 aromatic heterocycles. The Morgan fingerprint density at radius 2 is 2.04 bits per heavy atom. The number of rotatable bonds is 4. The zero-order chi connectivity index (χ0) is 18.4. The Morgan fingerprint density at radius 1 is 1.15 bits per heavy atom. The van der Waals surface area contributed by atoms with Gasteiger partial charge in [-0.15, -0.1) is 0 Å². The van der Waals surface area contributed by atoms with Gasteiger partial charge < -0.3 is 10.3 Å². The maximum atomic E-state index is 14.8. The van der Waals surface area contributed by atoms with Crippen LogP contribution in [-0.2, 0) is 0 Å². The maximum Gasteiger partial charge on any atom is 0.222 e. The Labute approximate surface area is 155 Å². The van der Waals surface area contributed by atoms with Crippen molar-refractivity contribution in [1.29, 1.82) is 0 Å². The SMILES string of the molecule is Cc1cnc2[nH]c[c]c2c1-c1ccc(Nc2ccc(C3CC3)nc2)nc1F. The summed E-state index contributed by atoms with van der Waals surface area (Å²) in [5, 5.41) is 3.88. The Hall–Kier alpha value is -3.28. The molecule has 1 radical (unpaired) electrons. The molecule has 5 rings (SSSR count). The highest BCUT2D eigenvalue weighted by atomic mass is 19.1. The zero-order valence-electron chi connectivity index (χ0n) is 14.8. The van der Waals surface area contributed by atoms with Gasteiger partial charge in [-0.05, 0) is 49.6 Å². The van der Waals surface area contributed by atoms with Crippen molar-refractivity contribution in [3.8, 4) is 11.1 Å². The summed E-state index contributed by atoms with van der Waals surface area (Å²) in [6, 6.07) is 10.6. The number of aromatic nitrogens is 4. The number of hydrogen-bond acceptors (Lipinski definition) is 4. The molecule has 6 heteroatoms. The lowest BCUT2D eigenvalue weighted by Crippen LogP contribution is -1.99. The molecule has 133 valence electrons. The van der Waals surface area contributed by atoms with E-state index in [2.05, 4.69) is 31.3 Å². The molecule has 5 nitrogen and oxygen atoms in total. The second kappa shape index (κ2) is 6.16. The van der Waals surface area contributed by atoms with Crippen LogP contribution in [0.1, 0.15) is 30.0 Å². The molecule has 2 N–H and O–H groups in total. The van der Waals surface area contributed by atoms with Crippen LogP contribution in [0.2, 0.25) is 0 Å². The molecule has 4 aromatic rings. The predicted molar refractivity (Wildman–Crippen MR) is 102 cm³/mol. The van der Waals surface area contributed by atoms with E-state index < -0.39 is 5.95 Å². The lowest BCUT2D eigenvalue weighted by molar-refractivity contribution is 0.589. The average Bonchev–Trinajstić information content (AvgIpc) is 3.41. The Bertz CT molecular complexity index is 1130. The number of fused-ring (bicyclic) bond motifs is 1. The zero-order valence-corrected chi connectivity index (χ0v) is 14.8. The monoisotopic (exact) mass is 358 g/mol. The molecule has 0 spiro atoms. The number of aromatic amines is 1. The smallest absolute Gasteiger partial charge is 0.222 e. The van der Waals surface area contributed by atoms with Crippen molar-refractivity contribution in [2.45, 2.75) is 25.7 Å².